The lowest BCUT2D eigenvalue weighted by Gasteiger charge is -2.48. The molecule has 0 saturated carbocycles. The quantitative estimate of drug-likeness (QED) is 0.480. The average Bonchev–Trinajstić information content (AvgIpc) is 3.21. The fourth-order valence-electron chi connectivity index (χ4n) is 7.40. The smallest absolute Gasteiger partial charge is 0.410 e. The number of carbonyl (C=O) groups is 2. The van der Waals surface area contributed by atoms with E-state index in [1.165, 1.54) is 12.1 Å². The topological polar surface area (TPSA) is 108 Å². The van der Waals surface area contributed by atoms with E-state index < -0.39 is 5.60 Å². The van der Waals surface area contributed by atoms with Crippen molar-refractivity contribution in [3.63, 3.8) is 0 Å². The second-order valence-corrected chi connectivity index (χ2v) is 14.5. The van der Waals surface area contributed by atoms with Crippen LogP contribution in [0.4, 0.5) is 14.9 Å². The van der Waals surface area contributed by atoms with Gasteiger partial charge in [-0.2, -0.15) is 0 Å². The number of hydrogen-bond donors (Lipinski definition) is 1. The summed E-state index contributed by atoms with van der Waals surface area (Å²) in [6.07, 6.45) is 2.27. The monoisotopic (exact) mass is 653 g/mol. The second kappa shape index (κ2) is 13.7. The van der Waals surface area contributed by atoms with Crippen LogP contribution in [0.15, 0.2) is 30.3 Å². The SMILES string of the molecule is C[C@@H]1CN(CC(=O)N2c3cc(Cc4ccc(F)cc4)c(CO)nc3OC[C@@H]2C)[C@@H](CN2C3CCC2COC3)CN1C(=O)OC(C)(C)C. The number of ether oxygens (including phenoxy) is 3. The zero-order valence-electron chi connectivity index (χ0n) is 28.2. The van der Waals surface area contributed by atoms with Crippen LogP contribution in [0.3, 0.4) is 0 Å². The number of pyridine rings is 1. The number of benzene rings is 1. The molecule has 4 aliphatic rings. The van der Waals surface area contributed by atoms with Crippen molar-refractivity contribution in [2.45, 2.75) is 96.3 Å². The number of rotatable bonds is 7. The molecule has 4 aliphatic heterocycles. The number of aromatic nitrogens is 1. The van der Waals surface area contributed by atoms with Crippen molar-refractivity contribution >= 4 is 17.7 Å². The Morgan fingerprint density at radius 2 is 1.74 bits per heavy atom. The van der Waals surface area contributed by atoms with Gasteiger partial charge in [0.15, 0.2) is 0 Å². The molecule has 3 fully saturated rings. The van der Waals surface area contributed by atoms with Crippen LogP contribution in [0.1, 0.15) is 64.3 Å². The highest BCUT2D eigenvalue weighted by molar-refractivity contribution is 5.97. The molecule has 2 unspecified atom stereocenters. The summed E-state index contributed by atoms with van der Waals surface area (Å²) < 4.78 is 31.2. The molecule has 256 valence electrons. The van der Waals surface area contributed by atoms with Gasteiger partial charge < -0.3 is 29.1 Å². The van der Waals surface area contributed by atoms with Crippen molar-refractivity contribution in [3.8, 4) is 5.88 Å². The number of anilines is 1. The molecule has 2 bridgehead atoms. The van der Waals surface area contributed by atoms with Gasteiger partial charge in [0.2, 0.25) is 11.8 Å². The third-order valence-electron chi connectivity index (χ3n) is 9.76. The molecule has 1 aromatic carbocycles. The van der Waals surface area contributed by atoms with Crippen LogP contribution in [0.5, 0.6) is 5.88 Å². The maximum atomic E-state index is 14.4. The highest BCUT2D eigenvalue weighted by atomic mass is 19.1. The number of carbonyl (C=O) groups excluding carboxylic acids is 2. The minimum absolute atomic E-state index is 0.0800. The Labute approximate surface area is 276 Å². The largest absolute Gasteiger partial charge is 0.474 e. The first-order valence-electron chi connectivity index (χ1n) is 16.8. The summed E-state index contributed by atoms with van der Waals surface area (Å²) in [5.74, 6) is -0.0892. The number of aliphatic hydroxyl groups is 1. The normalized spacial score (nSPS) is 26.6. The van der Waals surface area contributed by atoms with E-state index in [1.807, 2.05) is 45.6 Å². The number of hydrogen-bond acceptors (Lipinski definition) is 9. The van der Waals surface area contributed by atoms with E-state index in [-0.39, 0.29) is 55.7 Å². The Balaban J connectivity index is 1.26. The number of nitrogens with zero attached hydrogens (tertiary/aromatic N) is 5. The highest BCUT2D eigenvalue weighted by Crippen LogP contribution is 2.36. The molecular weight excluding hydrogens is 605 g/mol. The molecule has 5 heterocycles. The van der Waals surface area contributed by atoms with E-state index in [2.05, 4.69) is 14.8 Å². The zero-order chi connectivity index (χ0) is 33.5. The van der Waals surface area contributed by atoms with Crippen LogP contribution in [0.2, 0.25) is 0 Å². The molecule has 5 atom stereocenters. The number of fused-ring (bicyclic) bond motifs is 3. The summed E-state index contributed by atoms with van der Waals surface area (Å²) in [6.45, 7) is 12.9. The summed E-state index contributed by atoms with van der Waals surface area (Å²) in [5.41, 5.74) is 2.02. The molecule has 47 heavy (non-hydrogen) atoms. The van der Waals surface area contributed by atoms with Gasteiger partial charge in [-0.25, -0.2) is 14.2 Å². The summed E-state index contributed by atoms with van der Waals surface area (Å²) in [6, 6.07) is 8.31. The molecule has 12 heteroatoms. The number of piperazine rings is 1. The van der Waals surface area contributed by atoms with Crippen LogP contribution in [0.25, 0.3) is 0 Å². The molecule has 1 aromatic heterocycles. The third-order valence-corrected chi connectivity index (χ3v) is 9.76. The molecule has 3 saturated heterocycles. The van der Waals surface area contributed by atoms with Gasteiger partial charge in [0, 0.05) is 43.8 Å². The molecule has 11 nitrogen and oxygen atoms in total. The van der Waals surface area contributed by atoms with Crippen LogP contribution < -0.4 is 9.64 Å². The zero-order valence-corrected chi connectivity index (χ0v) is 28.2. The van der Waals surface area contributed by atoms with Crippen LogP contribution in [-0.4, -0.2) is 119 Å². The molecule has 2 aromatic rings. The summed E-state index contributed by atoms with van der Waals surface area (Å²) in [7, 11) is 0. The standard InChI is InChI=1S/C35H48FN5O6/c1-22-14-38(29(15-39(22)34(44)47-35(3,4)5)16-40-27-10-11-28(40)21-45-20-27)17-32(43)41-23(2)19-46-33-31(41)13-25(30(18-42)37-33)12-24-6-8-26(36)9-7-24/h6-9,13,22-23,27-29,42H,10-12,14-21H2,1-5H3/t22-,23+,27?,28?,29-/m1/s1. The van der Waals surface area contributed by atoms with E-state index in [0.29, 0.717) is 62.1 Å². The van der Waals surface area contributed by atoms with Crippen molar-refractivity contribution in [2.24, 2.45) is 0 Å². The Kier molecular flexibility index (Phi) is 9.76. The molecular formula is C35H48FN5O6. The van der Waals surface area contributed by atoms with Gasteiger partial charge in [0.25, 0.3) is 0 Å². The highest BCUT2D eigenvalue weighted by Gasteiger charge is 2.44. The Morgan fingerprint density at radius 1 is 1.04 bits per heavy atom. The molecule has 2 amide bonds. The number of morpholine rings is 1. The van der Waals surface area contributed by atoms with Gasteiger partial charge in [-0.05, 0) is 83.2 Å². The molecule has 0 aliphatic carbocycles. The lowest BCUT2D eigenvalue weighted by molar-refractivity contribution is -0.122. The molecule has 0 spiro atoms. The first-order valence-corrected chi connectivity index (χ1v) is 16.8. The molecule has 1 N–H and O–H groups in total. The first kappa shape index (κ1) is 33.6. The Hall–Kier alpha value is -3.32. The van der Waals surface area contributed by atoms with Crippen molar-refractivity contribution < 1.29 is 33.3 Å². The number of halogens is 1. The maximum Gasteiger partial charge on any atom is 0.410 e. The molecule has 0 radical (unpaired) electrons. The van der Waals surface area contributed by atoms with Gasteiger partial charge >= 0.3 is 6.09 Å². The van der Waals surface area contributed by atoms with E-state index >= 15 is 0 Å². The predicted molar refractivity (Wildman–Crippen MR) is 174 cm³/mol. The third kappa shape index (κ3) is 7.40. The number of aliphatic hydroxyl groups excluding tert-OH is 1. The fourth-order valence-corrected chi connectivity index (χ4v) is 7.40. The van der Waals surface area contributed by atoms with Crippen LogP contribution in [0, 0.1) is 5.82 Å². The Morgan fingerprint density at radius 3 is 2.40 bits per heavy atom. The minimum Gasteiger partial charge on any atom is -0.474 e. The van der Waals surface area contributed by atoms with Crippen molar-refractivity contribution in [1.82, 2.24) is 19.7 Å². The van der Waals surface area contributed by atoms with Gasteiger partial charge in [-0.3, -0.25) is 14.6 Å². The maximum absolute atomic E-state index is 14.4. The summed E-state index contributed by atoms with van der Waals surface area (Å²) in [4.78, 5) is 40.6. The van der Waals surface area contributed by atoms with Crippen LogP contribution in [-0.2, 0) is 27.3 Å². The van der Waals surface area contributed by atoms with Gasteiger partial charge in [-0.15, -0.1) is 0 Å². The Bertz CT molecular complexity index is 1440. The van der Waals surface area contributed by atoms with Crippen molar-refractivity contribution in [1.29, 1.82) is 0 Å². The number of amides is 2. The van der Waals surface area contributed by atoms with Crippen molar-refractivity contribution in [3.05, 3.63) is 53.0 Å². The van der Waals surface area contributed by atoms with E-state index in [0.717, 1.165) is 30.5 Å². The lowest BCUT2D eigenvalue weighted by atomic mass is 10.0. The second-order valence-electron chi connectivity index (χ2n) is 14.5. The van der Waals surface area contributed by atoms with Gasteiger partial charge in [0.05, 0.1) is 38.1 Å². The van der Waals surface area contributed by atoms with Crippen LogP contribution >= 0.6 is 0 Å². The van der Waals surface area contributed by atoms with E-state index in [9.17, 15) is 19.1 Å². The fraction of sp³-hybridized carbons (Fsp3) is 0.629. The van der Waals surface area contributed by atoms with Crippen molar-refractivity contribution in [2.75, 3.05) is 50.9 Å². The predicted octanol–water partition coefficient (Wildman–Crippen LogP) is 3.59. The summed E-state index contributed by atoms with van der Waals surface area (Å²) >= 11 is 0. The lowest BCUT2D eigenvalue weighted by Crippen LogP contribution is -2.65. The minimum atomic E-state index is -0.609. The van der Waals surface area contributed by atoms with Gasteiger partial charge in [-0.1, -0.05) is 12.1 Å². The summed E-state index contributed by atoms with van der Waals surface area (Å²) in [5, 5.41) is 10.1. The average molecular weight is 654 g/mol. The van der Waals surface area contributed by atoms with Gasteiger partial charge in [0.1, 0.15) is 23.7 Å². The first-order chi connectivity index (χ1) is 22.4. The molecule has 6 rings (SSSR count). The van der Waals surface area contributed by atoms with E-state index in [1.54, 1.807) is 17.0 Å². The van der Waals surface area contributed by atoms with E-state index in [4.69, 9.17) is 14.2 Å².